The Hall–Kier alpha value is -4.94. The van der Waals surface area contributed by atoms with Gasteiger partial charge >= 0.3 is 0 Å². The number of para-hydroxylation sites is 1. The first-order valence-corrected chi connectivity index (χ1v) is 12.8. The number of amides is 1. The summed E-state index contributed by atoms with van der Waals surface area (Å²) in [5, 5.41) is 3.97. The number of benzene rings is 5. The summed E-state index contributed by atoms with van der Waals surface area (Å²) >= 11 is 0. The van der Waals surface area contributed by atoms with Gasteiger partial charge in [-0.2, -0.15) is 5.01 Å². The molecular formula is C33H27N3O3. The molecule has 0 radical (unpaired) electrons. The molecule has 192 valence electrons. The molecule has 6 nitrogen and oxygen atoms in total. The van der Waals surface area contributed by atoms with Crippen LogP contribution in [0.4, 0.5) is 0 Å². The molecule has 0 aliphatic rings. The van der Waals surface area contributed by atoms with Crippen LogP contribution >= 0.6 is 0 Å². The predicted octanol–water partition coefficient (Wildman–Crippen LogP) is 6.93. The first kappa shape index (κ1) is 24.4. The summed E-state index contributed by atoms with van der Waals surface area (Å²) in [6.45, 7) is 0.349. The third-order valence-electron chi connectivity index (χ3n) is 6.78. The van der Waals surface area contributed by atoms with Crippen molar-refractivity contribution in [1.82, 2.24) is 15.4 Å². The Morgan fingerprint density at radius 3 is 2.33 bits per heavy atom. The summed E-state index contributed by atoms with van der Waals surface area (Å²) in [7, 11) is 1.65. The molecule has 0 spiro atoms. The number of aromatic nitrogens is 1. The van der Waals surface area contributed by atoms with Crippen LogP contribution in [0, 0.1) is 0 Å². The molecule has 0 aliphatic carbocycles. The fourth-order valence-electron chi connectivity index (χ4n) is 4.88. The highest BCUT2D eigenvalue weighted by atomic mass is 16.5. The van der Waals surface area contributed by atoms with Gasteiger partial charge < -0.3 is 9.15 Å². The van der Waals surface area contributed by atoms with Crippen molar-refractivity contribution >= 4 is 27.8 Å². The van der Waals surface area contributed by atoms with Gasteiger partial charge in [0.15, 0.2) is 5.58 Å². The van der Waals surface area contributed by atoms with Crippen molar-refractivity contribution in [3.63, 3.8) is 0 Å². The quantitative estimate of drug-likeness (QED) is 0.224. The van der Waals surface area contributed by atoms with E-state index in [2.05, 4.69) is 11.5 Å². The van der Waals surface area contributed by atoms with Crippen LogP contribution in [-0.2, 0) is 6.54 Å². The molecule has 5 aromatic carbocycles. The number of hydrogen-bond acceptors (Lipinski definition) is 5. The number of rotatable bonds is 8. The molecule has 0 saturated heterocycles. The first-order chi connectivity index (χ1) is 19.2. The molecule has 0 fully saturated rings. The summed E-state index contributed by atoms with van der Waals surface area (Å²) in [5.41, 5.74) is 7.02. The van der Waals surface area contributed by atoms with Crippen LogP contribution in [0.1, 0.15) is 33.4 Å². The van der Waals surface area contributed by atoms with Gasteiger partial charge in [-0.3, -0.25) is 10.2 Å². The number of nitrogens with zero attached hydrogens (tertiary/aromatic N) is 2. The molecule has 0 unspecified atom stereocenters. The van der Waals surface area contributed by atoms with Crippen LogP contribution in [0.5, 0.6) is 5.75 Å². The molecule has 1 heterocycles. The van der Waals surface area contributed by atoms with E-state index in [0.717, 1.165) is 33.2 Å². The molecule has 39 heavy (non-hydrogen) atoms. The third kappa shape index (κ3) is 4.98. The Bertz CT molecular complexity index is 1730. The van der Waals surface area contributed by atoms with E-state index in [1.54, 1.807) is 19.2 Å². The van der Waals surface area contributed by atoms with Crippen LogP contribution < -0.4 is 10.2 Å². The van der Waals surface area contributed by atoms with Crippen LogP contribution in [0.3, 0.4) is 0 Å². The van der Waals surface area contributed by atoms with E-state index in [1.807, 2.05) is 108 Å². The maximum Gasteiger partial charge on any atom is 0.265 e. The van der Waals surface area contributed by atoms with Crippen molar-refractivity contribution in [2.45, 2.75) is 12.6 Å². The van der Waals surface area contributed by atoms with Crippen molar-refractivity contribution in [3.8, 4) is 5.75 Å². The number of carbonyl (C=O) groups excluding carboxylic acids is 1. The second-order valence-electron chi connectivity index (χ2n) is 9.25. The summed E-state index contributed by atoms with van der Waals surface area (Å²) in [6.07, 6.45) is 0. The largest absolute Gasteiger partial charge is 0.496 e. The van der Waals surface area contributed by atoms with Gasteiger partial charge in [-0.25, -0.2) is 4.98 Å². The minimum absolute atomic E-state index is 0.229. The fourth-order valence-corrected chi connectivity index (χ4v) is 4.88. The molecule has 6 rings (SSSR count). The van der Waals surface area contributed by atoms with Gasteiger partial charge in [0.1, 0.15) is 17.3 Å². The number of methoxy groups -OCH3 is 1. The van der Waals surface area contributed by atoms with Crippen molar-refractivity contribution in [3.05, 3.63) is 144 Å². The van der Waals surface area contributed by atoms with Crippen LogP contribution in [0.2, 0.25) is 0 Å². The molecule has 1 amide bonds. The van der Waals surface area contributed by atoms with Gasteiger partial charge in [0.05, 0.1) is 7.11 Å². The van der Waals surface area contributed by atoms with Crippen LogP contribution in [0.25, 0.3) is 21.9 Å². The zero-order valence-electron chi connectivity index (χ0n) is 21.5. The topological polar surface area (TPSA) is 67.6 Å². The highest BCUT2D eigenvalue weighted by molar-refractivity contribution is 6.03. The van der Waals surface area contributed by atoms with E-state index in [9.17, 15) is 4.79 Å². The van der Waals surface area contributed by atoms with Gasteiger partial charge in [-0.15, -0.1) is 0 Å². The number of hydrogen-bond donors (Lipinski definition) is 1. The van der Waals surface area contributed by atoms with Gasteiger partial charge in [0.2, 0.25) is 5.89 Å². The lowest BCUT2D eigenvalue weighted by Gasteiger charge is -2.31. The molecular weight excluding hydrogens is 486 g/mol. The minimum atomic E-state index is -0.519. The Balaban J connectivity index is 1.50. The van der Waals surface area contributed by atoms with Gasteiger partial charge in [0.25, 0.3) is 5.91 Å². The number of oxazole rings is 1. The fraction of sp³-hybridized carbons (Fsp3) is 0.0909. The Labute approximate surface area is 226 Å². The summed E-state index contributed by atoms with van der Waals surface area (Å²) in [6, 6.07) is 38.5. The van der Waals surface area contributed by atoms with Crippen LogP contribution in [0.15, 0.2) is 126 Å². The lowest BCUT2D eigenvalue weighted by molar-refractivity contribution is 0.0671. The monoisotopic (exact) mass is 513 g/mol. The van der Waals surface area contributed by atoms with E-state index in [1.165, 1.54) is 0 Å². The molecule has 1 aromatic heterocycles. The van der Waals surface area contributed by atoms with Crippen molar-refractivity contribution in [2.24, 2.45) is 0 Å². The number of hydrazine groups is 1. The Kier molecular flexibility index (Phi) is 6.76. The van der Waals surface area contributed by atoms with E-state index in [-0.39, 0.29) is 5.91 Å². The SMILES string of the molecule is COc1ccccc1CN(NC(=O)c1ccccc1)[C@H](c1ccccc1)c1nc2c(ccc3ccccc32)o1. The Morgan fingerprint density at radius 2 is 1.54 bits per heavy atom. The highest BCUT2D eigenvalue weighted by Gasteiger charge is 2.30. The van der Waals surface area contributed by atoms with E-state index >= 15 is 0 Å². The normalized spacial score (nSPS) is 12.1. The zero-order valence-corrected chi connectivity index (χ0v) is 21.5. The second-order valence-corrected chi connectivity index (χ2v) is 9.25. The van der Waals surface area contributed by atoms with E-state index in [4.69, 9.17) is 14.1 Å². The smallest absolute Gasteiger partial charge is 0.265 e. The molecule has 6 heteroatoms. The average Bonchev–Trinajstić information content (AvgIpc) is 3.43. The number of fused-ring (bicyclic) bond motifs is 3. The molecule has 6 aromatic rings. The number of ether oxygens (including phenoxy) is 1. The lowest BCUT2D eigenvalue weighted by atomic mass is 10.0. The average molecular weight is 514 g/mol. The maximum absolute atomic E-state index is 13.5. The van der Waals surface area contributed by atoms with Crippen LogP contribution in [-0.4, -0.2) is 23.0 Å². The second kappa shape index (κ2) is 10.8. The van der Waals surface area contributed by atoms with Crippen molar-refractivity contribution in [2.75, 3.05) is 7.11 Å². The molecule has 0 aliphatic heterocycles. The Morgan fingerprint density at radius 1 is 0.846 bits per heavy atom. The first-order valence-electron chi connectivity index (χ1n) is 12.8. The van der Waals surface area contributed by atoms with Gasteiger partial charge in [-0.1, -0.05) is 97.1 Å². The van der Waals surface area contributed by atoms with E-state index < -0.39 is 6.04 Å². The molecule has 0 saturated carbocycles. The lowest BCUT2D eigenvalue weighted by Crippen LogP contribution is -2.44. The minimum Gasteiger partial charge on any atom is -0.496 e. The maximum atomic E-state index is 13.5. The number of nitrogens with one attached hydrogen (secondary N) is 1. The van der Waals surface area contributed by atoms with E-state index in [0.29, 0.717) is 23.6 Å². The third-order valence-corrected chi connectivity index (χ3v) is 6.78. The zero-order chi connectivity index (χ0) is 26.6. The summed E-state index contributed by atoms with van der Waals surface area (Å²) in [5.74, 6) is 0.982. The summed E-state index contributed by atoms with van der Waals surface area (Å²) in [4.78, 5) is 18.5. The molecule has 0 bridgehead atoms. The summed E-state index contributed by atoms with van der Waals surface area (Å²) < 4.78 is 12.1. The standard InChI is InChI=1S/C33H27N3O3/c1-38-28-19-11-9-17-26(28)22-36(35-32(37)25-15-6-3-7-16-25)31(24-13-4-2-5-14-24)33-34-30-27-18-10-8-12-23(27)20-21-29(30)39-33/h2-21,31H,22H2,1H3,(H,35,37)/t31-/m1/s1. The molecule has 1 N–H and O–H groups in total. The predicted molar refractivity (Wildman–Crippen MR) is 152 cm³/mol. The highest BCUT2D eigenvalue weighted by Crippen LogP contribution is 2.34. The van der Waals surface area contributed by atoms with Gasteiger partial charge in [0, 0.05) is 23.1 Å². The van der Waals surface area contributed by atoms with Crippen molar-refractivity contribution < 1.29 is 13.9 Å². The van der Waals surface area contributed by atoms with Crippen molar-refractivity contribution in [1.29, 1.82) is 0 Å². The molecule has 1 atom stereocenters. The van der Waals surface area contributed by atoms with Gasteiger partial charge in [-0.05, 0) is 35.2 Å². The number of carbonyl (C=O) groups is 1.